The Bertz CT molecular complexity index is 979. The number of fused-ring (bicyclic) bond motifs is 1. The maximum Gasteiger partial charge on any atom is 0.338 e. The van der Waals surface area contributed by atoms with Crippen molar-refractivity contribution < 1.29 is 14.3 Å². The Kier molecular flexibility index (Phi) is 7.83. The molecule has 0 aliphatic carbocycles. The van der Waals surface area contributed by atoms with Gasteiger partial charge in [-0.1, -0.05) is 57.2 Å². The van der Waals surface area contributed by atoms with Crippen molar-refractivity contribution in [2.24, 2.45) is 0 Å². The molecule has 0 fully saturated rings. The largest absolute Gasteiger partial charge is 0.497 e. The average molecular weight is 406 g/mol. The van der Waals surface area contributed by atoms with Gasteiger partial charge in [-0.05, 0) is 49.2 Å². The third-order valence-electron chi connectivity index (χ3n) is 5.38. The van der Waals surface area contributed by atoms with Gasteiger partial charge in [-0.3, -0.25) is 0 Å². The molecule has 0 unspecified atom stereocenters. The Morgan fingerprint density at radius 3 is 2.43 bits per heavy atom. The van der Waals surface area contributed by atoms with Crippen LogP contribution in [0.1, 0.15) is 61.4 Å². The number of hydrogen-bond donors (Lipinski definition) is 0. The van der Waals surface area contributed by atoms with Gasteiger partial charge in [-0.25, -0.2) is 9.78 Å². The van der Waals surface area contributed by atoms with Gasteiger partial charge < -0.3 is 9.47 Å². The first kappa shape index (κ1) is 21.8. The number of benzene rings is 2. The number of aryl methyl sites for hydroxylation is 1. The Morgan fingerprint density at radius 1 is 0.967 bits per heavy atom. The average Bonchev–Trinajstić information content (AvgIpc) is 2.78. The summed E-state index contributed by atoms with van der Waals surface area (Å²) in [6.45, 7) is 4.68. The quantitative estimate of drug-likeness (QED) is 0.277. The molecule has 3 rings (SSSR count). The van der Waals surface area contributed by atoms with Gasteiger partial charge >= 0.3 is 5.97 Å². The van der Waals surface area contributed by atoms with Gasteiger partial charge in [-0.2, -0.15) is 0 Å². The molecule has 2 aromatic carbocycles. The number of para-hydroxylation sites is 1. The summed E-state index contributed by atoms with van der Waals surface area (Å²) < 4.78 is 10.9. The molecule has 0 aliphatic heterocycles. The summed E-state index contributed by atoms with van der Waals surface area (Å²) in [6, 6.07) is 15.5. The van der Waals surface area contributed by atoms with Crippen LogP contribution in [0.25, 0.3) is 22.2 Å². The van der Waals surface area contributed by atoms with Gasteiger partial charge in [0.1, 0.15) is 5.75 Å². The molecule has 0 saturated heterocycles. The van der Waals surface area contributed by atoms with E-state index < -0.39 is 0 Å². The molecule has 158 valence electrons. The molecule has 1 aromatic heterocycles. The lowest BCUT2D eigenvalue weighted by Gasteiger charge is -2.12. The van der Waals surface area contributed by atoms with E-state index in [-0.39, 0.29) is 5.97 Å². The van der Waals surface area contributed by atoms with Crippen LogP contribution < -0.4 is 4.74 Å². The maximum atomic E-state index is 12.9. The van der Waals surface area contributed by atoms with Crippen LogP contribution in [0.2, 0.25) is 0 Å². The molecule has 0 amide bonds. The minimum absolute atomic E-state index is 0.281. The molecule has 0 saturated carbocycles. The summed E-state index contributed by atoms with van der Waals surface area (Å²) in [5, 5.41) is 0.834. The summed E-state index contributed by atoms with van der Waals surface area (Å²) in [5.74, 6) is 0.505. The lowest BCUT2D eigenvalue weighted by atomic mass is 10.0. The second-order valence-electron chi connectivity index (χ2n) is 7.66. The number of pyridine rings is 1. The number of ether oxygens (including phenoxy) is 2. The van der Waals surface area contributed by atoms with Crippen molar-refractivity contribution in [1.29, 1.82) is 0 Å². The van der Waals surface area contributed by atoms with Crippen molar-refractivity contribution in [2.75, 3.05) is 13.7 Å². The number of carbonyl (C=O) groups excluding carboxylic acids is 1. The fraction of sp³-hybridized carbons (Fsp3) is 0.385. The molecule has 30 heavy (non-hydrogen) atoms. The molecule has 3 aromatic rings. The molecular weight excluding hydrogens is 374 g/mol. The van der Waals surface area contributed by atoms with Crippen LogP contribution in [0.4, 0.5) is 0 Å². The third-order valence-corrected chi connectivity index (χ3v) is 5.38. The first-order valence-corrected chi connectivity index (χ1v) is 10.9. The highest BCUT2D eigenvalue weighted by molar-refractivity contribution is 6.05. The summed E-state index contributed by atoms with van der Waals surface area (Å²) in [7, 11) is 1.64. The zero-order chi connectivity index (χ0) is 21.3. The zero-order valence-electron chi connectivity index (χ0n) is 18.2. The van der Waals surface area contributed by atoms with Crippen LogP contribution in [0.3, 0.4) is 0 Å². The smallest absolute Gasteiger partial charge is 0.338 e. The van der Waals surface area contributed by atoms with E-state index in [4.69, 9.17) is 14.5 Å². The summed E-state index contributed by atoms with van der Waals surface area (Å²) in [5.41, 5.74) is 4.13. The van der Waals surface area contributed by atoms with Crippen molar-refractivity contribution >= 4 is 16.9 Å². The van der Waals surface area contributed by atoms with Crippen LogP contribution in [0.15, 0.2) is 48.5 Å². The Balaban J connectivity index is 1.81. The van der Waals surface area contributed by atoms with Crippen LogP contribution in [-0.2, 0) is 4.74 Å². The van der Waals surface area contributed by atoms with E-state index >= 15 is 0 Å². The van der Waals surface area contributed by atoms with E-state index in [1.807, 2.05) is 55.5 Å². The van der Waals surface area contributed by atoms with Gasteiger partial charge in [-0.15, -0.1) is 0 Å². The number of nitrogens with zero attached hydrogens (tertiary/aromatic N) is 1. The third kappa shape index (κ3) is 5.38. The lowest BCUT2D eigenvalue weighted by Crippen LogP contribution is -2.08. The summed E-state index contributed by atoms with van der Waals surface area (Å²) in [6.07, 6.45) is 6.97. The summed E-state index contributed by atoms with van der Waals surface area (Å²) in [4.78, 5) is 17.8. The summed E-state index contributed by atoms with van der Waals surface area (Å²) >= 11 is 0. The fourth-order valence-electron chi connectivity index (χ4n) is 3.60. The van der Waals surface area contributed by atoms with Gasteiger partial charge in [0.2, 0.25) is 0 Å². The number of carbonyl (C=O) groups is 1. The van der Waals surface area contributed by atoms with Crippen LogP contribution in [-0.4, -0.2) is 24.7 Å². The lowest BCUT2D eigenvalue weighted by molar-refractivity contribution is 0.0500. The van der Waals surface area contributed by atoms with Gasteiger partial charge in [0.05, 0.1) is 30.5 Å². The number of methoxy groups -OCH3 is 1. The van der Waals surface area contributed by atoms with E-state index in [1.54, 1.807) is 7.11 Å². The topological polar surface area (TPSA) is 48.4 Å². The van der Waals surface area contributed by atoms with Gasteiger partial charge in [0.15, 0.2) is 0 Å². The highest BCUT2D eigenvalue weighted by atomic mass is 16.5. The second-order valence-corrected chi connectivity index (χ2v) is 7.66. The van der Waals surface area contributed by atoms with E-state index in [1.165, 1.54) is 25.7 Å². The van der Waals surface area contributed by atoms with Crippen molar-refractivity contribution in [3.05, 3.63) is 59.7 Å². The van der Waals surface area contributed by atoms with Crippen molar-refractivity contribution in [3.63, 3.8) is 0 Å². The normalized spacial score (nSPS) is 10.9. The van der Waals surface area contributed by atoms with E-state index in [0.29, 0.717) is 12.2 Å². The Morgan fingerprint density at radius 2 is 1.70 bits per heavy atom. The highest BCUT2D eigenvalue weighted by Crippen LogP contribution is 2.28. The second kappa shape index (κ2) is 10.8. The molecule has 0 spiro atoms. The molecular formula is C26H31NO3. The Hall–Kier alpha value is -2.88. The zero-order valence-corrected chi connectivity index (χ0v) is 18.2. The first-order valence-electron chi connectivity index (χ1n) is 10.9. The minimum atomic E-state index is -0.281. The van der Waals surface area contributed by atoms with Crippen molar-refractivity contribution in [1.82, 2.24) is 4.98 Å². The maximum absolute atomic E-state index is 12.9. The number of aromatic nitrogens is 1. The molecule has 1 heterocycles. The predicted molar refractivity (Wildman–Crippen MR) is 122 cm³/mol. The Labute approximate surface area is 179 Å². The minimum Gasteiger partial charge on any atom is -0.497 e. The molecule has 0 radical (unpaired) electrons. The molecule has 0 bridgehead atoms. The van der Waals surface area contributed by atoms with Crippen molar-refractivity contribution in [3.8, 4) is 17.0 Å². The van der Waals surface area contributed by atoms with Gasteiger partial charge in [0.25, 0.3) is 0 Å². The SMILES string of the molecule is CCCCCCCCOC(=O)c1cc(-c2ccc(OC)cc2)nc2c(C)cccc12. The van der Waals surface area contributed by atoms with Crippen molar-refractivity contribution in [2.45, 2.75) is 52.4 Å². The predicted octanol–water partition coefficient (Wildman–Crippen LogP) is 6.74. The van der Waals surface area contributed by atoms with Crippen LogP contribution in [0, 0.1) is 6.92 Å². The number of esters is 1. The van der Waals surface area contributed by atoms with Gasteiger partial charge in [0, 0.05) is 10.9 Å². The highest BCUT2D eigenvalue weighted by Gasteiger charge is 2.16. The van der Waals surface area contributed by atoms with Crippen LogP contribution in [0.5, 0.6) is 5.75 Å². The standard InChI is InChI=1S/C26H31NO3/c1-4-5-6-7-8-9-17-30-26(28)23-18-24(20-13-15-21(29-3)16-14-20)27-25-19(2)11-10-12-22(23)25/h10-16,18H,4-9,17H2,1-3H3. The number of unbranched alkanes of at least 4 members (excludes halogenated alkanes) is 5. The molecule has 0 N–H and O–H groups in total. The molecule has 4 nitrogen and oxygen atoms in total. The van der Waals surface area contributed by atoms with E-state index in [2.05, 4.69) is 6.92 Å². The molecule has 0 atom stereocenters. The number of hydrogen-bond acceptors (Lipinski definition) is 4. The number of rotatable bonds is 10. The first-order chi connectivity index (χ1) is 14.6. The van der Waals surface area contributed by atoms with Crippen LogP contribution >= 0.6 is 0 Å². The monoisotopic (exact) mass is 405 g/mol. The molecule has 4 heteroatoms. The van der Waals surface area contributed by atoms with E-state index in [0.717, 1.165) is 46.3 Å². The molecule has 0 aliphatic rings. The fourth-order valence-corrected chi connectivity index (χ4v) is 3.60. The van der Waals surface area contributed by atoms with E-state index in [9.17, 15) is 4.79 Å².